The first-order valence-electron chi connectivity index (χ1n) is 10.9. The van der Waals surface area contributed by atoms with Gasteiger partial charge in [0, 0.05) is 25.5 Å². The van der Waals surface area contributed by atoms with Gasteiger partial charge >= 0.3 is 5.97 Å². The van der Waals surface area contributed by atoms with E-state index < -0.39 is 5.97 Å². The van der Waals surface area contributed by atoms with Crippen molar-refractivity contribution in [2.24, 2.45) is 7.05 Å². The molecule has 0 aliphatic heterocycles. The van der Waals surface area contributed by atoms with Crippen LogP contribution in [0.4, 0.5) is 5.69 Å². The summed E-state index contributed by atoms with van der Waals surface area (Å²) in [5, 5.41) is 7.80. The summed E-state index contributed by atoms with van der Waals surface area (Å²) in [6.07, 6.45) is 0.953. The van der Waals surface area contributed by atoms with Gasteiger partial charge in [-0.2, -0.15) is 5.10 Å². The Morgan fingerprint density at radius 2 is 1.94 bits per heavy atom. The molecule has 0 aliphatic carbocycles. The van der Waals surface area contributed by atoms with Crippen LogP contribution in [0.3, 0.4) is 0 Å². The fourth-order valence-corrected chi connectivity index (χ4v) is 4.85. The quantitative estimate of drug-likeness (QED) is 0.385. The van der Waals surface area contributed by atoms with Gasteiger partial charge in [-0.1, -0.05) is 30.3 Å². The van der Waals surface area contributed by atoms with Crippen LogP contribution < -0.4 is 5.32 Å². The maximum Gasteiger partial charge on any atom is 0.350 e. The molecule has 0 saturated heterocycles. The lowest BCUT2D eigenvalue weighted by molar-refractivity contribution is 0.0607. The molecule has 0 fully saturated rings. The molecule has 0 spiro atoms. The molecule has 1 amide bonds. The van der Waals surface area contributed by atoms with Gasteiger partial charge in [-0.25, -0.2) is 9.78 Å². The predicted octanol–water partition coefficient (Wildman–Crippen LogP) is 4.05. The van der Waals surface area contributed by atoms with Crippen LogP contribution in [0.25, 0.3) is 10.2 Å². The zero-order chi connectivity index (χ0) is 24.2. The van der Waals surface area contributed by atoms with Gasteiger partial charge < -0.3 is 15.0 Å². The number of hydrogen-bond donors (Lipinski definition) is 1. The molecule has 0 saturated carbocycles. The van der Waals surface area contributed by atoms with Crippen molar-refractivity contribution >= 4 is 39.1 Å². The van der Waals surface area contributed by atoms with Crippen LogP contribution in [0.2, 0.25) is 0 Å². The first-order chi connectivity index (χ1) is 16.4. The fraction of sp³-hybridized carbons (Fsp3) is 0.280. The average Bonchev–Trinajstić information content (AvgIpc) is 3.36. The maximum atomic E-state index is 12.9. The number of rotatable bonds is 8. The van der Waals surface area contributed by atoms with E-state index in [0.29, 0.717) is 33.0 Å². The van der Waals surface area contributed by atoms with Crippen LogP contribution in [-0.2, 0) is 24.8 Å². The topological polar surface area (TPSA) is 89.3 Å². The van der Waals surface area contributed by atoms with Crippen LogP contribution in [-0.4, -0.2) is 52.2 Å². The third-order valence-corrected chi connectivity index (χ3v) is 6.59. The second kappa shape index (κ2) is 10.1. The van der Waals surface area contributed by atoms with E-state index in [4.69, 9.17) is 9.72 Å². The van der Waals surface area contributed by atoms with Gasteiger partial charge in [-0.05, 0) is 44.2 Å². The number of amides is 1. The number of fused-ring (bicyclic) bond motifs is 1. The summed E-state index contributed by atoms with van der Waals surface area (Å²) in [5.74, 6) is -0.862. The standard InChI is InChI=1S/C25H27N5O3S/c1-16-14-20(30(3)28-16)23(31)27-21-19-11-10-18(26-24(19)34-22(21)25(32)33-4)15-29(2)13-12-17-8-6-5-7-9-17/h5-11,14H,12-13,15H2,1-4H3,(H,27,31). The van der Waals surface area contributed by atoms with E-state index in [2.05, 4.69) is 34.5 Å². The highest BCUT2D eigenvalue weighted by molar-refractivity contribution is 7.21. The van der Waals surface area contributed by atoms with E-state index in [1.165, 1.54) is 28.7 Å². The van der Waals surface area contributed by atoms with Gasteiger partial charge in [0.1, 0.15) is 15.4 Å². The number of carbonyl (C=O) groups excluding carboxylic acids is 2. The van der Waals surface area contributed by atoms with Gasteiger partial charge in [-0.3, -0.25) is 9.48 Å². The minimum Gasteiger partial charge on any atom is -0.465 e. The second-order valence-corrected chi connectivity index (χ2v) is 9.17. The minimum atomic E-state index is -0.513. The number of likely N-dealkylation sites (N-methyl/N-ethyl adjacent to an activating group) is 1. The molecule has 8 nitrogen and oxygen atoms in total. The number of methoxy groups -OCH3 is 1. The normalized spacial score (nSPS) is 11.2. The lowest BCUT2D eigenvalue weighted by Crippen LogP contribution is -2.21. The van der Waals surface area contributed by atoms with Crippen LogP contribution in [0.5, 0.6) is 0 Å². The summed E-state index contributed by atoms with van der Waals surface area (Å²) in [5.41, 5.74) is 3.73. The number of benzene rings is 1. The summed E-state index contributed by atoms with van der Waals surface area (Å²) in [4.78, 5) is 33.3. The Bertz CT molecular complexity index is 1330. The van der Waals surface area contributed by atoms with Gasteiger partial charge in [-0.15, -0.1) is 11.3 Å². The average molecular weight is 478 g/mol. The van der Waals surface area contributed by atoms with Crippen molar-refractivity contribution in [3.05, 3.63) is 76.1 Å². The van der Waals surface area contributed by atoms with Crippen molar-refractivity contribution in [2.45, 2.75) is 19.9 Å². The first-order valence-corrected chi connectivity index (χ1v) is 11.7. The second-order valence-electron chi connectivity index (χ2n) is 8.18. The molecule has 176 valence electrons. The molecule has 0 bridgehead atoms. The van der Waals surface area contributed by atoms with E-state index in [1.807, 2.05) is 37.3 Å². The number of nitrogens with zero attached hydrogens (tertiary/aromatic N) is 4. The van der Waals surface area contributed by atoms with Crippen LogP contribution in [0.1, 0.15) is 37.1 Å². The van der Waals surface area contributed by atoms with Crippen molar-refractivity contribution in [2.75, 3.05) is 26.0 Å². The van der Waals surface area contributed by atoms with Crippen molar-refractivity contribution in [1.82, 2.24) is 19.7 Å². The first kappa shape index (κ1) is 23.6. The highest BCUT2D eigenvalue weighted by Crippen LogP contribution is 2.36. The number of aromatic nitrogens is 3. The highest BCUT2D eigenvalue weighted by atomic mass is 32.1. The van der Waals surface area contributed by atoms with Crippen LogP contribution >= 0.6 is 11.3 Å². The van der Waals surface area contributed by atoms with E-state index in [0.717, 1.165) is 24.4 Å². The molecule has 3 heterocycles. The predicted molar refractivity (Wildman–Crippen MR) is 133 cm³/mol. The number of ether oxygens (including phenoxy) is 1. The number of thiophene rings is 1. The lowest BCUT2D eigenvalue weighted by atomic mass is 10.1. The molecule has 0 aliphatic rings. The molecule has 4 rings (SSSR count). The van der Waals surface area contributed by atoms with E-state index in [9.17, 15) is 9.59 Å². The molecule has 4 aromatic rings. The number of nitrogens with one attached hydrogen (secondary N) is 1. The fourth-order valence-electron chi connectivity index (χ4n) is 3.79. The number of anilines is 1. The molecular formula is C25H27N5O3S. The number of esters is 1. The molecule has 9 heteroatoms. The Morgan fingerprint density at radius 3 is 2.62 bits per heavy atom. The molecule has 0 atom stereocenters. The largest absolute Gasteiger partial charge is 0.465 e. The lowest BCUT2D eigenvalue weighted by Gasteiger charge is -2.16. The Kier molecular flexibility index (Phi) is 7.04. The van der Waals surface area contributed by atoms with Crippen LogP contribution in [0, 0.1) is 6.92 Å². The summed E-state index contributed by atoms with van der Waals surface area (Å²) in [7, 11) is 5.09. The minimum absolute atomic E-state index is 0.312. The SMILES string of the molecule is COC(=O)c1sc2nc(CN(C)CCc3ccccc3)ccc2c1NC(=O)c1cc(C)nn1C. The van der Waals surface area contributed by atoms with Gasteiger partial charge in [0.05, 0.1) is 24.2 Å². The molecule has 34 heavy (non-hydrogen) atoms. The Balaban J connectivity index is 1.56. The Morgan fingerprint density at radius 1 is 1.18 bits per heavy atom. The van der Waals surface area contributed by atoms with Crippen LogP contribution in [0.15, 0.2) is 48.5 Å². The molecule has 0 unspecified atom stereocenters. The summed E-state index contributed by atoms with van der Waals surface area (Å²) < 4.78 is 6.47. The highest BCUT2D eigenvalue weighted by Gasteiger charge is 2.23. The van der Waals surface area contributed by atoms with Gasteiger partial charge in [0.25, 0.3) is 5.91 Å². The Hall–Kier alpha value is -3.56. The molecule has 1 aromatic carbocycles. The van der Waals surface area contributed by atoms with E-state index >= 15 is 0 Å². The number of hydrogen-bond acceptors (Lipinski definition) is 7. The monoisotopic (exact) mass is 477 g/mol. The number of pyridine rings is 1. The van der Waals surface area contributed by atoms with Gasteiger partial charge in [0.2, 0.25) is 0 Å². The van der Waals surface area contributed by atoms with Crippen molar-refractivity contribution in [3.8, 4) is 0 Å². The molecule has 3 aromatic heterocycles. The number of carbonyl (C=O) groups is 2. The van der Waals surface area contributed by atoms with Crippen molar-refractivity contribution in [1.29, 1.82) is 0 Å². The third kappa shape index (κ3) is 5.16. The maximum absolute atomic E-state index is 12.9. The zero-order valence-corrected chi connectivity index (χ0v) is 20.5. The summed E-state index contributed by atoms with van der Waals surface area (Å²) in [6, 6.07) is 15.9. The molecular weight excluding hydrogens is 450 g/mol. The summed E-state index contributed by atoms with van der Waals surface area (Å²) in [6.45, 7) is 3.39. The smallest absolute Gasteiger partial charge is 0.350 e. The van der Waals surface area contributed by atoms with E-state index in [-0.39, 0.29) is 5.91 Å². The number of aryl methyl sites for hydroxylation is 2. The van der Waals surface area contributed by atoms with E-state index in [1.54, 1.807) is 13.1 Å². The summed E-state index contributed by atoms with van der Waals surface area (Å²) >= 11 is 1.21. The van der Waals surface area contributed by atoms with Crippen molar-refractivity contribution in [3.63, 3.8) is 0 Å². The van der Waals surface area contributed by atoms with Gasteiger partial charge in [0.15, 0.2) is 0 Å². The zero-order valence-electron chi connectivity index (χ0n) is 19.7. The molecule has 0 radical (unpaired) electrons. The Labute approximate surface area is 202 Å². The van der Waals surface area contributed by atoms with Crippen molar-refractivity contribution < 1.29 is 14.3 Å². The molecule has 1 N–H and O–H groups in total. The third-order valence-electron chi connectivity index (χ3n) is 5.51.